The van der Waals surface area contributed by atoms with Gasteiger partial charge in [-0.05, 0) is 43.4 Å². The van der Waals surface area contributed by atoms with E-state index in [1.54, 1.807) is 36.0 Å². The molecule has 1 aromatic carbocycles. The van der Waals surface area contributed by atoms with Gasteiger partial charge in [0, 0.05) is 4.90 Å². The predicted octanol–water partition coefficient (Wildman–Crippen LogP) is 1.85. The fraction of sp³-hybridized carbons (Fsp3) is 0.444. The van der Waals surface area contributed by atoms with Gasteiger partial charge in [0.25, 0.3) is 11.8 Å². The number of ether oxygens (including phenoxy) is 1. The lowest BCUT2D eigenvalue weighted by molar-refractivity contribution is -0.140. The summed E-state index contributed by atoms with van der Waals surface area (Å²) in [5.41, 5.74) is 1.63. The van der Waals surface area contributed by atoms with Gasteiger partial charge < -0.3 is 10.1 Å². The third-order valence-electron chi connectivity index (χ3n) is 4.77. The molecule has 0 atom stereocenters. The van der Waals surface area contributed by atoms with E-state index >= 15 is 0 Å². The minimum Gasteiger partial charge on any atom is -0.452 e. The Bertz CT molecular complexity index is 759. The van der Waals surface area contributed by atoms with Crippen LogP contribution < -0.4 is 10.7 Å². The van der Waals surface area contributed by atoms with Crippen molar-refractivity contribution in [3.63, 3.8) is 0 Å². The van der Waals surface area contributed by atoms with E-state index in [4.69, 9.17) is 4.74 Å². The number of hydrazine groups is 1. The molecule has 144 valence electrons. The van der Waals surface area contributed by atoms with Crippen molar-refractivity contribution >= 4 is 35.6 Å². The third-order valence-corrected chi connectivity index (χ3v) is 5.51. The summed E-state index contributed by atoms with van der Waals surface area (Å²) < 4.78 is 4.95. The Hall–Kier alpha value is -2.55. The van der Waals surface area contributed by atoms with E-state index in [0.717, 1.165) is 24.2 Å². The first-order valence-electron chi connectivity index (χ1n) is 8.72. The summed E-state index contributed by atoms with van der Waals surface area (Å²) in [7, 11) is 0. The van der Waals surface area contributed by atoms with Crippen LogP contribution in [0.15, 0.2) is 29.2 Å². The summed E-state index contributed by atoms with van der Waals surface area (Å²) in [4.78, 5) is 49.7. The largest absolute Gasteiger partial charge is 0.452 e. The lowest BCUT2D eigenvalue weighted by Crippen LogP contribution is -2.51. The number of esters is 1. The van der Waals surface area contributed by atoms with Crippen LogP contribution in [-0.2, 0) is 14.3 Å². The zero-order valence-electron chi connectivity index (χ0n) is 14.9. The van der Waals surface area contributed by atoms with E-state index in [-0.39, 0.29) is 0 Å². The normalized spacial score (nSPS) is 18.3. The molecule has 0 aromatic heterocycles. The summed E-state index contributed by atoms with van der Waals surface area (Å²) in [6.07, 6.45) is 5.76. The molecule has 4 amide bonds. The van der Waals surface area contributed by atoms with Gasteiger partial charge in [0.1, 0.15) is 5.54 Å². The smallest absolute Gasteiger partial charge is 0.344 e. The van der Waals surface area contributed by atoms with Gasteiger partial charge in [-0.1, -0.05) is 19.3 Å². The van der Waals surface area contributed by atoms with Crippen molar-refractivity contribution in [2.45, 2.75) is 42.5 Å². The van der Waals surface area contributed by atoms with Crippen molar-refractivity contribution in [3.8, 4) is 0 Å². The maximum Gasteiger partial charge on any atom is 0.344 e. The number of urea groups is 1. The van der Waals surface area contributed by atoms with Crippen molar-refractivity contribution in [2.24, 2.45) is 0 Å². The number of amides is 4. The Balaban J connectivity index is 1.53. The average molecular weight is 391 g/mol. The molecular formula is C18H21N3O5S. The van der Waals surface area contributed by atoms with Gasteiger partial charge in [0.2, 0.25) is 0 Å². The molecule has 8 nitrogen and oxygen atoms in total. The van der Waals surface area contributed by atoms with E-state index in [2.05, 4.69) is 10.7 Å². The van der Waals surface area contributed by atoms with Gasteiger partial charge in [0.05, 0.1) is 5.56 Å². The molecule has 1 saturated heterocycles. The lowest BCUT2D eigenvalue weighted by atomic mass is 9.82. The quantitative estimate of drug-likeness (QED) is 0.451. The summed E-state index contributed by atoms with van der Waals surface area (Å²) in [6.45, 7) is -0.590. The number of hydrogen-bond acceptors (Lipinski definition) is 6. The highest BCUT2D eigenvalue weighted by atomic mass is 32.2. The van der Waals surface area contributed by atoms with Gasteiger partial charge >= 0.3 is 12.0 Å². The van der Waals surface area contributed by atoms with Gasteiger partial charge in [-0.2, -0.15) is 5.01 Å². The summed E-state index contributed by atoms with van der Waals surface area (Å²) >= 11 is 1.54. The van der Waals surface area contributed by atoms with Gasteiger partial charge in [0.15, 0.2) is 6.61 Å². The summed E-state index contributed by atoms with van der Waals surface area (Å²) in [6, 6.07) is 6.11. The number of hydrogen-bond donors (Lipinski definition) is 2. The molecule has 0 bridgehead atoms. The van der Waals surface area contributed by atoms with E-state index in [0.29, 0.717) is 23.4 Å². The Morgan fingerprint density at radius 3 is 2.48 bits per heavy atom. The SMILES string of the molecule is CSc1ccc(C(=O)OCC(=O)NN2C(=O)NC3(CCCCC3)C2=O)cc1. The Morgan fingerprint density at radius 1 is 1.19 bits per heavy atom. The van der Waals surface area contributed by atoms with Crippen LogP contribution in [0, 0.1) is 0 Å². The number of rotatable bonds is 5. The van der Waals surface area contributed by atoms with Gasteiger partial charge in [-0.25, -0.2) is 9.59 Å². The molecule has 1 spiro atoms. The van der Waals surface area contributed by atoms with Gasteiger partial charge in [-0.3, -0.25) is 15.0 Å². The zero-order chi connectivity index (χ0) is 19.4. The van der Waals surface area contributed by atoms with Gasteiger partial charge in [-0.15, -0.1) is 11.8 Å². The monoisotopic (exact) mass is 391 g/mol. The Morgan fingerprint density at radius 2 is 1.85 bits per heavy atom. The second-order valence-corrected chi connectivity index (χ2v) is 7.43. The van der Waals surface area contributed by atoms with E-state index in [1.165, 1.54) is 0 Å². The number of benzene rings is 1. The highest BCUT2D eigenvalue weighted by molar-refractivity contribution is 7.98. The highest BCUT2D eigenvalue weighted by Gasteiger charge is 2.52. The first kappa shape index (κ1) is 19.2. The number of carbonyl (C=O) groups excluding carboxylic acids is 4. The Labute approximate surface area is 161 Å². The van der Waals surface area contributed by atoms with E-state index in [9.17, 15) is 19.2 Å². The summed E-state index contributed by atoms with van der Waals surface area (Å²) in [5.74, 6) is -1.86. The van der Waals surface area contributed by atoms with Crippen molar-refractivity contribution in [2.75, 3.05) is 12.9 Å². The van der Waals surface area contributed by atoms with Crippen LogP contribution in [0.4, 0.5) is 4.79 Å². The predicted molar refractivity (Wildman–Crippen MR) is 97.8 cm³/mol. The van der Waals surface area contributed by atoms with Crippen LogP contribution in [0.3, 0.4) is 0 Å². The number of carbonyl (C=O) groups is 4. The molecule has 2 aliphatic rings. The average Bonchev–Trinajstić information content (AvgIpc) is 2.90. The topological polar surface area (TPSA) is 105 Å². The maximum absolute atomic E-state index is 12.6. The minimum absolute atomic E-state index is 0.316. The molecular weight excluding hydrogens is 370 g/mol. The molecule has 1 aliphatic carbocycles. The molecule has 1 aromatic rings. The molecule has 3 rings (SSSR count). The highest BCUT2D eigenvalue weighted by Crippen LogP contribution is 2.32. The number of thioether (sulfide) groups is 1. The maximum atomic E-state index is 12.6. The molecule has 9 heteroatoms. The lowest BCUT2D eigenvalue weighted by Gasteiger charge is -2.30. The van der Waals surface area contributed by atoms with Crippen LogP contribution in [0.1, 0.15) is 42.5 Å². The molecule has 1 aliphatic heterocycles. The molecule has 2 fully saturated rings. The zero-order valence-corrected chi connectivity index (χ0v) is 15.8. The Kier molecular flexibility index (Phi) is 5.69. The van der Waals surface area contributed by atoms with Crippen LogP contribution >= 0.6 is 11.8 Å². The molecule has 1 heterocycles. The molecule has 27 heavy (non-hydrogen) atoms. The van der Waals surface area contributed by atoms with Crippen LogP contribution in [0.25, 0.3) is 0 Å². The fourth-order valence-corrected chi connectivity index (χ4v) is 3.72. The molecule has 1 saturated carbocycles. The second-order valence-electron chi connectivity index (χ2n) is 6.55. The van der Waals surface area contributed by atoms with E-state index < -0.39 is 36.0 Å². The first-order valence-corrected chi connectivity index (χ1v) is 9.95. The molecule has 2 N–H and O–H groups in total. The van der Waals surface area contributed by atoms with Crippen molar-refractivity contribution < 1.29 is 23.9 Å². The number of imide groups is 1. The standard InChI is InChI=1S/C18H21N3O5S/c1-27-13-7-5-12(6-8-13)15(23)26-11-14(22)20-21-16(24)18(19-17(21)25)9-3-2-4-10-18/h5-8H,2-4,9-11H2,1H3,(H,19,25)(H,20,22). The minimum atomic E-state index is -0.918. The molecule has 0 radical (unpaired) electrons. The fourth-order valence-electron chi connectivity index (χ4n) is 3.31. The first-order chi connectivity index (χ1) is 12.9. The summed E-state index contributed by atoms with van der Waals surface area (Å²) in [5, 5.41) is 3.38. The van der Waals surface area contributed by atoms with Crippen LogP contribution in [0.5, 0.6) is 0 Å². The van der Waals surface area contributed by atoms with Crippen molar-refractivity contribution in [1.82, 2.24) is 15.8 Å². The number of nitrogens with zero attached hydrogens (tertiary/aromatic N) is 1. The van der Waals surface area contributed by atoms with E-state index in [1.807, 2.05) is 6.26 Å². The molecule has 0 unspecified atom stereocenters. The van der Waals surface area contributed by atoms with Crippen molar-refractivity contribution in [1.29, 1.82) is 0 Å². The second kappa shape index (κ2) is 7.99. The number of nitrogens with one attached hydrogen (secondary N) is 2. The third kappa shape index (κ3) is 4.08. The van der Waals surface area contributed by atoms with Crippen molar-refractivity contribution in [3.05, 3.63) is 29.8 Å². The van der Waals surface area contributed by atoms with Crippen LogP contribution in [0.2, 0.25) is 0 Å². The van der Waals surface area contributed by atoms with Crippen LogP contribution in [-0.4, -0.2) is 47.2 Å².